The van der Waals surface area contributed by atoms with Gasteiger partial charge in [0.25, 0.3) is 23.6 Å². The number of ketones is 1. The molecule has 2 fully saturated rings. The van der Waals surface area contributed by atoms with E-state index in [1.165, 1.54) is 24.0 Å². The van der Waals surface area contributed by atoms with Crippen LogP contribution < -0.4 is 44.4 Å². The second-order valence-corrected chi connectivity index (χ2v) is 20.7. The summed E-state index contributed by atoms with van der Waals surface area (Å²) < 4.78 is 40.1. The van der Waals surface area contributed by atoms with E-state index in [2.05, 4.69) is 26.2 Å². The van der Waals surface area contributed by atoms with E-state index in [0.29, 0.717) is 116 Å². The van der Waals surface area contributed by atoms with Gasteiger partial charge in [-0.2, -0.15) is 10.2 Å². The summed E-state index contributed by atoms with van der Waals surface area (Å²) in [7, 11) is 5.97. The molecule has 3 aliphatic heterocycles. The third-order valence-corrected chi connectivity index (χ3v) is 14.9. The topological polar surface area (TPSA) is 268 Å². The Morgan fingerprint density at radius 1 is 0.756 bits per heavy atom. The predicted octanol–water partition coefficient (Wildman–Crippen LogP) is 7.36. The number of nitrogens with zero attached hydrogens (tertiary/aromatic N) is 4. The number of amides is 6. The first-order valence-corrected chi connectivity index (χ1v) is 27.6. The van der Waals surface area contributed by atoms with Crippen molar-refractivity contribution in [1.29, 1.82) is 0 Å². The van der Waals surface area contributed by atoms with Crippen molar-refractivity contribution in [2.75, 3.05) is 61.3 Å². The molecule has 3 heterocycles. The number of unbranched alkanes of at least 4 members (excludes halogenated alkanes) is 2. The first kappa shape index (κ1) is 61.1. The van der Waals surface area contributed by atoms with Crippen molar-refractivity contribution in [2.45, 2.75) is 116 Å². The van der Waals surface area contributed by atoms with Crippen LogP contribution in [0.4, 0.5) is 11.4 Å². The smallest absolute Gasteiger partial charge is 0.329 e. The second kappa shape index (κ2) is 28.7. The number of likely N-dealkylation sites (tertiary alicyclic amines) is 1. The predicted molar refractivity (Wildman–Crippen MR) is 299 cm³/mol. The number of rotatable bonds is 28. The van der Waals surface area contributed by atoms with Crippen molar-refractivity contribution in [3.05, 3.63) is 95.1 Å². The van der Waals surface area contributed by atoms with Gasteiger partial charge in [0.1, 0.15) is 23.9 Å². The number of Topliss-reactive ketones (excluding diaryl/α,β-unsaturated/α-hetero) is 1. The lowest BCUT2D eigenvalue weighted by atomic mass is 9.84. The summed E-state index contributed by atoms with van der Waals surface area (Å²) in [5, 5.41) is 16.8. The average molecular weight is 1130 g/mol. The highest BCUT2D eigenvalue weighted by molar-refractivity contribution is 6.38. The highest BCUT2D eigenvalue weighted by Gasteiger charge is 2.42. The minimum atomic E-state index is -0.923. The Labute approximate surface area is 476 Å². The van der Waals surface area contributed by atoms with Crippen LogP contribution in [-0.2, 0) is 51.3 Å². The Morgan fingerprint density at radius 3 is 2.11 bits per heavy atom. The Bertz CT molecular complexity index is 3010. The minimum Gasteiger partial charge on any atom is -0.493 e. The largest absolute Gasteiger partial charge is 0.493 e. The number of methoxy groups -OCH3 is 4. The van der Waals surface area contributed by atoms with Crippen molar-refractivity contribution >= 4 is 58.6 Å². The summed E-state index contributed by atoms with van der Waals surface area (Å²) >= 11 is 0. The maximum atomic E-state index is 14.1. The fraction of sp³-hybridized carbons (Fsp3) is 0.467. The first-order chi connectivity index (χ1) is 39.5. The molecular formula is C60H73N7O15. The molecule has 0 aliphatic carbocycles. The number of benzene rings is 4. The number of imide groups is 1. The van der Waals surface area contributed by atoms with Crippen LogP contribution in [0.1, 0.15) is 118 Å². The van der Waals surface area contributed by atoms with Gasteiger partial charge in [-0.15, -0.1) is 0 Å². The molecule has 0 bridgehead atoms. The zero-order valence-corrected chi connectivity index (χ0v) is 47.6. The first-order valence-electron chi connectivity index (χ1n) is 27.6. The van der Waals surface area contributed by atoms with Crippen LogP contribution >= 0.6 is 0 Å². The maximum absolute atomic E-state index is 14.1. The third kappa shape index (κ3) is 15.5. The number of carbonyl (C=O) groups is 8. The number of azo groups is 1. The molecule has 0 radical (unpaired) electrons. The lowest BCUT2D eigenvalue weighted by molar-refractivity contribution is -0.164. The van der Waals surface area contributed by atoms with E-state index < -0.39 is 47.2 Å². The number of aryl methyl sites for hydroxylation is 1. The van der Waals surface area contributed by atoms with E-state index in [9.17, 15) is 38.4 Å². The van der Waals surface area contributed by atoms with Gasteiger partial charge >= 0.3 is 5.97 Å². The molecule has 3 aliphatic rings. The zero-order chi connectivity index (χ0) is 58.9. The van der Waals surface area contributed by atoms with E-state index in [1.807, 2.05) is 25.1 Å². The normalized spacial score (nSPS) is 16.4. The number of hydrogen-bond acceptors (Lipinski definition) is 17. The van der Waals surface area contributed by atoms with Gasteiger partial charge in [0.05, 0.1) is 39.8 Å². The Morgan fingerprint density at radius 2 is 1.44 bits per heavy atom. The standard InChI is InChI=1S/C60H73N7O15/c1-8-60(2,3)55(71)58(74)66-29-13-10-20-45(66)59(75)82-46(24-21-37-22-25-47(76-4)48(30-37)77-5)38-16-14-17-40(31-38)80-35-52(69)61-27-11-9-12-28-62-53(70)36-81-54-49(78-6)32-39(33-50(54)79-7)64-65-43-19-15-18-41-42(43)34-67(57(41)73)44-23-26-51(68)63-56(44)72/h14-19,22,25,30-33,44-46H,8-13,20-21,23-24,26-29,34-36H2,1-7H3,(H,61,69)(H,62,70)(H,63,68,72). The van der Waals surface area contributed by atoms with Gasteiger partial charge in [-0.1, -0.05) is 45.0 Å². The summed E-state index contributed by atoms with van der Waals surface area (Å²) in [4.78, 5) is 107. The number of esters is 1. The van der Waals surface area contributed by atoms with Crippen LogP contribution in [-0.4, -0.2) is 130 Å². The fourth-order valence-corrected chi connectivity index (χ4v) is 9.76. The van der Waals surface area contributed by atoms with Crippen molar-refractivity contribution in [2.24, 2.45) is 15.6 Å². The van der Waals surface area contributed by atoms with Gasteiger partial charge in [-0.05, 0) is 112 Å². The zero-order valence-electron chi connectivity index (χ0n) is 47.6. The van der Waals surface area contributed by atoms with Crippen molar-refractivity contribution in [3.8, 4) is 34.5 Å². The van der Waals surface area contributed by atoms with Crippen molar-refractivity contribution < 1.29 is 71.5 Å². The lowest BCUT2D eigenvalue weighted by Gasteiger charge is -2.36. The molecule has 7 rings (SSSR count). The lowest BCUT2D eigenvalue weighted by Crippen LogP contribution is -2.53. The number of nitrogens with one attached hydrogen (secondary N) is 3. The van der Waals surface area contributed by atoms with Gasteiger partial charge < -0.3 is 53.6 Å². The molecule has 0 saturated carbocycles. The van der Waals surface area contributed by atoms with Crippen molar-refractivity contribution in [3.63, 3.8) is 0 Å². The molecule has 4 aromatic rings. The summed E-state index contributed by atoms with van der Waals surface area (Å²) in [5.41, 5.74) is 2.40. The van der Waals surface area contributed by atoms with Gasteiger partial charge in [0, 0.05) is 61.3 Å². The van der Waals surface area contributed by atoms with E-state index in [0.717, 1.165) is 5.56 Å². The molecule has 2 saturated heterocycles. The highest BCUT2D eigenvalue weighted by Crippen LogP contribution is 2.42. The van der Waals surface area contributed by atoms with E-state index in [-0.39, 0.29) is 80.0 Å². The van der Waals surface area contributed by atoms with Crippen LogP contribution in [0.25, 0.3) is 0 Å². The number of ether oxygens (including phenoxy) is 7. The summed E-state index contributed by atoms with van der Waals surface area (Å²) in [6.45, 7) is 5.83. The summed E-state index contributed by atoms with van der Waals surface area (Å²) in [6, 6.07) is 19.0. The number of carbonyl (C=O) groups excluding carboxylic acids is 8. The Hall–Kier alpha value is -8.56. The van der Waals surface area contributed by atoms with Gasteiger partial charge in [-0.3, -0.25) is 38.9 Å². The average Bonchev–Trinajstić information content (AvgIpc) is 3.98. The molecule has 0 aromatic heterocycles. The SMILES string of the molecule is CCC(C)(C)C(=O)C(=O)N1CCCCC1C(=O)OC(CCc1ccc(OC)c(OC)c1)c1cccc(OCC(=O)NCCCCCNC(=O)COc2c(OC)cc(N=Nc3cccc4c3CN(C3CCC(=O)NC3=O)C4=O)cc2OC)c1. The Kier molecular flexibility index (Phi) is 21.4. The molecule has 4 aromatic carbocycles. The van der Waals surface area contributed by atoms with Gasteiger partial charge in [0.15, 0.2) is 36.2 Å². The van der Waals surface area contributed by atoms with Crippen LogP contribution in [0, 0.1) is 5.41 Å². The van der Waals surface area contributed by atoms with Crippen LogP contribution in [0.2, 0.25) is 0 Å². The number of hydrogen-bond donors (Lipinski definition) is 3. The van der Waals surface area contributed by atoms with E-state index in [4.69, 9.17) is 33.2 Å². The molecule has 3 unspecified atom stereocenters. The van der Waals surface area contributed by atoms with Crippen molar-refractivity contribution in [1.82, 2.24) is 25.8 Å². The molecule has 6 amide bonds. The molecule has 22 heteroatoms. The third-order valence-electron chi connectivity index (χ3n) is 14.9. The van der Waals surface area contributed by atoms with Gasteiger partial charge in [0.2, 0.25) is 23.3 Å². The van der Waals surface area contributed by atoms with E-state index >= 15 is 0 Å². The summed E-state index contributed by atoms with van der Waals surface area (Å²) in [5.74, 6) is -1.59. The molecule has 82 heavy (non-hydrogen) atoms. The van der Waals surface area contributed by atoms with E-state index in [1.54, 1.807) is 82.7 Å². The monoisotopic (exact) mass is 1130 g/mol. The molecule has 22 nitrogen and oxygen atoms in total. The quantitative estimate of drug-likeness (QED) is 0.0165. The molecule has 3 N–H and O–H groups in total. The number of fused-ring (bicyclic) bond motifs is 1. The van der Waals surface area contributed by atoms with Crippen LogP contribution in [0.3, 0.4) is 0 Å². The summed E-state index contributed by atoms with van der Waals surface area (Å²) in [6.07, 6.45) is 4.59. The minimum absolute atomic E-state index is 0.126. The molecule has 3 atom stereocenters. The Balaban J connectivity index is 0.857. The second-order valence-electron chi connectivity index (χ2n) is 20.7. The van der Waals surface area contributed by atoms with Gasteiger partial charge in [-0.25, -0.2) is 4.79 Å². The molecular weight excluding hydrogens is 1060 g/mol. The number of piperidine rings is 2. The highest BCUT2D eigenvalue weighted by atomic mass is 16.6. The van der Waals surface area contributed by atoms with Crippen LogP contribution in [0.5, 0.6) is 34.5 Å². The fourth-order valence-electron chi connectivity index (χ4n) is 9.76. The maximum Gasteiger partial charge on any atom is 0.329 e. The molecule has 0 spiro atoms. The molecule has 438 valence electrons. The van der Waals surface area contributed by atoms with Crippen LogP contribution in [0.15, 0.2) is 83.0 Å².